The number of carbonyl (C=O) groups is 2. The van der Waals surface area contributed by atoms with Crippen LogP contribution in [0, 0.1) is 0 Å². The van der Waals surface area contributed by atoms with E-state index in [1.165, 1.54) is 0 Å². The third-order valence-electron chi connectivity index (χ3n) is 4.83. The van der Waals surface area contributed by atoms with Gasteiger partial charge in [-0.1, -0.05) is 18.2 Å². The van der Waals surface area contributed by atoms with Crippen LogP contribution in [0.2, 0.25) is 0 Å². The molecule has 26 heavy (non-hydrogen) atoms. The van der Waals surface area contributed by atoms with E-state index in [-0.39, 0.29) is 17.9 Å². The predicted molar refractivity (Wildman–Crippen MR) is 104 cm³/mol. The number of hydrogen-bond donors (Lipinski definition) is 1. The molecular formula is C20H19BrN2O3. The average Bonchev–Trinajstić information content (AvgIpc) is 3.31. The molecule has 2 aliphatic rings. The quantitative estimate of drug-likeness (QED) is 0.831. The van der Waals surface area contributed by atoms with E-state index in [9.17, 15) is 9.59 Å². The molecule has 0 spiro atoms. The minimum atomic E-state index is -0.334. The minimum Gasteiger partial charge on any atom is -0.368 e. The summed E-state index contributed by atoms with van der Waals surface area (Å²) in [7, 11) is 0. The maximum atomic E-state index is 12.7. The molecule has 1 fully saturated rings. The minimum absolute atomic E-state index is 0.0236. The summed E-state index contributed by atoms with van der Waals surface area (Å²) >= 11 is 3.40. The number of benzene rings is 2. The number of ether oxygens (including phenoxy) is 1. The molecule has 1 atom stereocenters. The number of halogens is 1. The highest BCUT2D eigenvalue weighted by atomic mass is 79.9. The van der Waals surface area contributed by atoms with Crippen LogP contribution in [-0.2, 0) is 16.0 Å². The number of amides is 2. The number of anilines is 2. The Balaban J connectivity index is 1.55. The van der Waals surface area contributed by atoms with Crippen LogP contribution in [0.5, 0.6) is 0 Å². The molecule has 6 heteroatoms. The van der Waals surface area contributed by atoms with Crippen molar-refractivity contribution in [3.8, 4) is 0 Å². The lowest BCUT2D eigenvalue weighted by molar-refractivity contribution is -0.127. The standard InChI is InChI=1S/C20H19BrN2O3/c21-16-5-2-1-4-15(16)19(24)22-14-8-7-13-9-10-23(17(13)12-14)20(25)18-6-3-11-26-18/h1-2,4-5,7-8,12,18H,3,6,9-11H2,(H,22,24). The van der Waals surface area contributed by atoms with Crippen molar-refractivity contribution >= 4 is 39.1 Å². The van der Waals surface area contributed by atoms with Crippen molar-refractivity contribution in [3.63, 3.8) is 0 Å². The number of carbonyl (C=O) groups excluding carboxylic acids is 2. The number of fused-ring (bicyclic) bond motifs is 1. The lowest BCUT2D eigenvalue weighted by Gasteiger charge is -2.21. The normalized spacial score (nSPS) is 18.7. The number of nitrogens with zero attached hydrogens (tertiary/aromatic N) is 1. The first-order chi connectivity index (χ1) is 12.6. The maximum Gasteiger partial charge on any atom is 0.256 e. The molecular weight excluding hydrogens is 396 g/mol. The van der Waals surface area contributed by atoms with Crippen LogP contribution in [-0.4, -0.2) is 31.1 Å². The zero-order valence-electron chi connectivity index (χ0n) is 14.2. The molecule has 2 aromatic rings. The van der Waals surface area contributed by atoms with Gasteiger partial charge < -0.3 is 15.0 Å². The highest BCUT2D eigenvalue weighted by Gasteiger charge is 2.32. The van der Waals surface area contributed by atoms with Crippen molar-refractivity contribution in [2.75, 3.05) is 23.4 Å². The van der Waals surface area contributed by atoms with E-state index in [0.29, 0.717) is 24.4 Å². The van der Waals surface area contributed by atoms with Gasteiger partial charge in [0.2, 0.25) is 0 Å². The molecule has 0 saturated carbocycles. The van der Waals surface area contributed by atoms with Gasteiger partial charge in [-0.3, -0.25) is 9.59 Å². The third kappa shape index (κ3) is 3.27. The van der Waals surface area contributed by atoms with Crippen molar-refractivity contribution < 1.29 is 14.3 Å². The van der Waals surface area contributed by atoms with Crippen LogP contribution in [0.25, 0.3) is 0 Å². The Kier molecular flexibility index (Phi) is 4.78. The Morgan fingerprint density at radius 3 is 2.81 bits per heavy atom. The van der Waals surface area contributed by atoms with Crippen LogP contribution < -0.4 is 10.2 Å². The largest absolute Gasteiger partial charge is 0.368 e. The summed E-state index contributed by atoms with van der Waals surface area (Å²) < 4.78 is 6.29. The molecule has 0 aromatic heterocycles. The Morgan fingerprint density at radius 1 is 1.19 bits per heavy atom. The molecule has 0 aliphatic carbocycles. The molecule has 0 bridgehead atoms. The monoisotopic (exact) mass is 414 g/mol. The van der Waals surface area contributed by atoms with Crippen molar-refractivity contribution in [2.45, 2.75) is 25.4 Å². The second-order valence-corrected chi connectivity index (χ2v) is 7.37. The Bertz CT molecular complexity index is 862. The van der Waals surface area contributed by atoms with Crippen molar-refractivity contribution in [1.29, 1.82) is 0 Å². The van der Waals surface area contributed by atoms with E-state index in [1.54, 1.807) is 11.0 Å². The first-order valence-corrected chi connectivity index (χ1v) is 9.54. The van der Waals surface area contributed by atoms with Gasteiger partial charge in [-0.25, -0.2) is 0 Å². The summed E-state index contributed by atoms with van der Waals surface area (Å²) in [4.78, 5) is 27.0. The Labute approximate surface area is 160 Å². The molecule has 1 saturated heterocycles. The topological polar surface area (TPSA) is 58.6 Å². The van der Waals surface area contributed by atoms with E-state index < -0.39 is 0 Å². The van der Waals surface area contributed by atoms with E-state index in [0.717, 1.165) is 35.0 Å². The second-order valence-electron chi connectivity index (χ2n) is 6.52. The summed E-state index contributed by atoms with van der Waals surface area (Å²) in [5.41, 5.74) is 3.24. The summed E-state index contributed by atoms with van der Waals surface area (Å²) in [6.07, 6.45) is 2.20. The molecule has 2 aromatic carbocycles. The van der Waals surface area contributed by atoms with E-state index in [2.05, 4.69) is 21.2 Å². The highest BCUT2D eigenvalue weighted by Crippen LogP contribution is 2.33. The van der Waals surface area contributed by atoms with E-state index >= 15 is 0 Å². The average molecular weight is 415 g/mol. The van der Waals surface area contributed by atoms with Crippen molar-refractivity contribution in [1.82, 2.24) is 0 Å². The fourth-order valence-corrected chi connectivity index (χ4v) is 3.94. The van der Waals surface area contributed by atoms with Gasteiger partial charge in [0.25, 0.3) is 11.8 Å². The van der Waals surface area contributed by atoms with Gasteiger partial charge in [-0.15, -0.1) is 0 Å². The first kappa shape index (κ1) is 17.2. The van der Waals surface area contributed by atoms with Gasteiger partial charge in [-0.05, 0) is 65.0 Å². The molecule has 2 aliphatic heterocycles. The molecule has 4 rings (SSSR count). The lowest BCUT2D eigenvalue weighted by Crippen LogP contribution is -2.37. The van der Waals surface area contributed by atoms with Gasteiger partial charge >= 0.3 is 0 Å². The van der Waals surface area contributed by atoms with Crippen molar-refractivity contribution in [3.05, 3.63) is 58.1 Å². The number of nitrogens with one attached hydrogen (secondary N) is 1. The number of hydrogen-bond acceptors (Lipinski definition) is 3. The summed E-state index contributed by atoms with van der Waals surface area (Å²) in [5, 5.41) is 2.92. The van der Waals surface area contributed by atoms with Gasteiger partial charge in [0.1, 0.15) is 6.10 Å². The summed E-state index contributed by atoms with van der Waals surface area (Å²) in [6.45, 7) is 1.31. The number of rotatable bonds is 3. The van der Waals surface area contributed by atoms with Crippen LogP contribution in [0.3, 0.4) is 0 Å². The fraction of sp³-hybridized carbons (Fsp3) is 0.300. The smallest absolute Gasteiger partial charge is 0.256 e. The molecule has 2 amide bonds. The molecule has 2 heterocycles. The van der Waals surface area contributed by atoms with Gasteiger partial charge in [-0.2, -0.15) is 0 Å². The highest BCUT2D eigenvalue weighted by molar-refractivity contribution is 9.10. The zero-order chi connectivity index (χ0) is 18.1. The van der Waals surface area contributed by atoms with E-state index in [4.69, 9.17) is 4.74 Å². The van der Waals surface area contributed by atoms with Gasteiger partial charge in [0.05, 0.1) is 5.56 Å². The van der Waals surface area contributed by atoms with Crippen LogP contribution >= 0.6 is 15.9 Å². The summed E-state index contributed by atoms with van der Waals surface area (Å²) in [6, 6.07) is 13.0. The third-order valence-corrected chi connectivity index (χ3v) is 5.52. The Morgan fingerprint density at radius 2 is 2.04 bits per heavy atom. The van der Waals surface area contributed by atoms with Crippen molar-refractivity contribution in [2.24, 2.45) is 0 Å². The van der Waals surface area contributed by atoms with Gasteiger partial charge in [0.15, 0.2) is 0 Å². The molecule has 134 valence electrons. The van der Waals surface area contributed by atoms with Crippen LogP contribution in [0.4, 0.5) is 11.4 Å². The molecule has 1 unspecified atom stereocenters. The first-order valence-electron chi connectivity index (χ1n) is 8.75. The summed E-state index contributed by atoms with van der Waals surface area (Å²) in [5.74, 6) is -0.164. The van der Waals surface area contributed by atoms with Crippen LogP contribution in [0.1, 0.15) is 28.8 Å². The van der Waals surface area contributed by atoms with Crippen LogP contribution in [0.15, 0.2) is 46.9 Å². The van der Waals surface area contributed by atoms with Gasteiger partial charge in [0, 0.05) is 29.0 Å². The SMILES string of the molecule is O=C(Nc1ccc2c(c1)N(C(=O)C1CCCO1)CC2)c1ccccc1Br. The predicted octanol–water partition coefficient (Wildman–Crippen LogP) is 3.77. The molecule has 5 nitrogen and oxygen atoms in total. The zero-order valence-corrected chi connectivity index (χ0v) is 15.8. The maximum absolute atomic E-state index is 12.7. The Hall–Kier alpha value is -2.18. The van der Waals surface area contributed by atoms with E-state index in [1.807, 2.05) is 36.4 Å². The lowest BCUT2D eigenvalue weighted by atomic mass is 10.1. The fourth-order valence-electron chi connectivity index (χ4n) is 3.48. The second kappa shape index (κ2) is 7.21. The molecule has 0 radical (unpaired) electrons. The molecule has 1 N–H and O–H groups in total.